The molecule has 3 aromatic rings. The van der Waals surface area contributed by atoms with E-state index in [-0.39, 0.29) is 5.69 Å². The summed E-state index contributed by atoms with van der Waals surface area (Å²) in [5.74, 6) is 0. The summed E-state index contributed by atoms with van der Waals surface area (Å²) in [5, 5.41) is 11.0. The number of hydrogen-bond donors (Lipinski definition) is 0. The van der Waals surface area contributed by atoms with Crippen molar-refractivity contribution in [2.24, 2.45) is 0 Å². The van der Waals surface area contributed by atoms with Crippen LogP contribution in [-0.4, -0.2) is 9.91 Å². The Bertz CT molecular complexity index is 690. The molecule has 0 saturated carbocycles. The molecule has 20 heavy (non-hydrogen) atoms. The van der Waals surface area contributed by atoms with Gasteiger partial charge in [-0.2, -0.15) is 0 Å². The summed E-state index contributed by atoms with van der Waals surface area (Å²) in [6.45, 7) is 3.67. The number of aromatic nitrogens is 1. The van der Waals surface area contributed by atoms with Crippen LogP contribution in [0.4, 0.5) is 5.69 Å². The van der Waals surface area contributed by atoms with Gasteiger partial charge in [0.15, 0.2) is 0 Å². The summed E-state index contributed by atoms with van der Waals surface area (Å²) in [5.41, 5.74) is 1.20. The molecule has 0 aliphatic carbocycles. The molecule has 0 saturated heterocycles. The second-order valence-electron chi connectivity index (χ2n) is 3.82. The van der Waals surface area contributed by atoms with E-state index >= 15 is 0 Å². The Balaban J connectivity index is 0.000000151. The third-order valence-electron chi connectivity index (χ3n) is 2.45. The number of thiazole rings is 1. The van der Waals surface area contributed by atoms with E-state index in [0.717, 1.165) is 10.5 Å². The summed E-state index contributed by atoms with van der Waals surface area (Å²) in [6.07, 6.45) is 1.78. The standard InChI is InChI=1S/C9H7NS.C6H5NO2/c1-2-9-10-7-5-3-4-6-8(7)11-9;8-7(9)6-4-2-1-3-5-6/h2-6H,1H2;1-5H. The molecule has 1 aromatic heterocycles. The van der Waals surface area contributed by atoms with Gasteiger partial charge in [-0.15, -0.1) is 11.3 Å². The first-order valence-corrected chi connectivity index (χ1v) is 6.70. The molecule has 0 spiro atoms. The Hall–Kier alpha value is -2.53. The molecular formula is C15H12N2O2S. The van der Waals surface area contributed by atoms with Crippen molar-refractivity contribution in [3.05, 3.63) is 76.3 Å². The van der Waals surface area contributed by atoms with E-state index in [1.54, 1.807) is 35.6 Å². The number of nitro benzene ring substituents is 1. The van der Waals surface area contributed by atoms with Crippen molar-refractivity contribution in [2.45, 2.75) is 0 Å². The predicted octanol–water partition coefficient (Wildman–Crippen LogP) is 4.53. The fraction of sp³-hybridized carbons (Fsp3) is 0. The van der Waals surface area contributed by atoms with Crippen LogP contribution in [0.15, 0.2) is 61.2 Å². The van der Waals surface area contributed by atoms with Gasteiger partial charge in [-0.25, -0.2) is 4.98 Å². The monoisotopic (exact) mass is 284 g/mol. The fourth-order valence-electron chi connectivity index (χ4n) is 1.53. The second-order valence-corrected chi connectivity index (χ2v) is 4.88. The highest BCUT2D eigenvalue weighted by molar-refractivity contribution is 7.19. The lowest BCUT2D eigenvalue weighted by molar-refractivity contribution is -0.384. The van der Waals surface area contributed by atoms with Crippen LogP contribution >= 0.6 is 11.3 Å². The average Bonchev–Trinajstić information content (AvgIpc) is 2.92. The molecular weight excluding hydrogens is 272 g/mol. The minimum Gasteiger partial charge on any atom is -0.258 e. The first-order chi connectivity index (χ1) is 9.70. The molecule has 0 aliphatic heterocycles. The molecule has 0 unspecified atom stereocenters. The quantitative estimate of drug-likeness (QED) is 0.513. The van der Waals surface area contributed by atoms with Crippen LogP contribution < -0.4 is 0 Å². The van der Waals surface area contributed by atoms with Crippen molar-refractivity contribution >= 4 is 33.3 Å². The molecule has 1 heterocycles. The number of hydrogen-bond acceptors (Lipinski definition) is 4. The third-order valence-corrected chi connectivity index (χ3v) is 3.48. The minimum atomic E-state index is -0.417. The Morgan fingerprint density at radius 3 is 2.30 bits per heavy atom. The van der Waals surface area contributed by atoms with Gasteiger partial charge in [0.05, 0.1) is 15.1 Å². The molecule has 0 N–H and O–H groups in total. The van der Waals surface area contributed by atoms with Crippen LogP contribution in [0.5, 0.6) is 0 Å². The van der Waals surface area contributed by atoms with E-state index in [0.29, 0.717) is 0 Å². The number of para-hydroxylation sites is 2. The van der Waals surface area contributed by atoms with Gasteiger partial charge in [-0.1, -0.05) is 36.9 Å². The van der Waals surface area contributed by atoms with Gasteiger partial charge in [0.1, 0.15) is 5.01 Å². The second kappa shape index (κ2) is 6.58. The largest absolute Gasteiger partial charge is 0.269 e. The van der Waals surface area contributed by atoms with Crippen LogP contribution in [0.1, 0.15) is 5.01 Å². The number of benzene rings is 2. The molecule has 0 aliphatic rings. The van der Waals surface area contributed by atoms with Crippen molar-refractivity contribution in [2.75, 3.05) is 0 Å². The van der Waals surface area contributed by atoms with Gasteiger partial charge in [0, 0.05) is 12.1 Å². The highest BCUT2D eigenvalue weighted by Gasteiger charge is 1.98. The van der Waals surface area contributed by atoms with E-state index < -0.39 is 4.92 Å². The maximum Gasteiger partial charge on any atom is 0.269 e. The topological polar surface area (TPSA) is 56.0 Å². The molecule has 2 aromatic carbocycles. The third kappa shape index (κ3) is 3.49. The summed E-state index contributed by atoms with van der Waals surface area (Å²) in [4.78, 5) is 13.9. The highest BCUT2D eigenvalue weighted by Crippen LogP contribution is 2.21. The maximum atomic E-state index is 10.0. The van der Waals surface area contributed by atoms with Crippen molar-refractivity contribution in [3.63, 3.8) is 0 Å². The zero-order chi connectivity index (χ0) is 14.4. The minimum absolute atomic E-state index is 0.137. The lowest BCUT2D eigenvalue weighted by Crippen LogP contribution is -1.84. The van der Waals surface area contributed by atoms with Crippen molar-refractivity contribution in [1.29, 1.82) is 0 Å². The zero-order valence-electron chi connectivity index (χ0n) is 10.6. The number of rotatable bonds is 2. The molecule has 0 radical (unpaired) electrons. The lowest BCUT2D eigenvalue weighted by atomic mass is 10.3. The van der Waals surface area contributed by atoms with Gasteiger partial charge >= 0.3 is 0 Å². The highest BCUT2D eigenvalue weighted by atomic mass is 32.1. The smallest absolute Gasteiger partial charge is 0.258 e. The van der Waals surface area contributed by atoms with Gasteiger partial charge in [0.25, 0.3) is 5.69 Å². The fourth-order valence-corrected chi connectivity index (χ4v) is 2.34. The van der Waals surface area contributed by atoms with E-state index in [9.17, 15) is 10.1 Å². The molecule has 0 amide bonds. The summed E-state index contributed by atoms with van der Waals surface area (Å²) in [7, 11) is 0. The average molecular weight is 284 g/mol. The van der Waals surface area contributed by atoms with Crippen molar-refractivity contribution in [1.82, 2.24) is 4.98 Å². The van der Waals surface area contributed by atoms with E-state index in [1.165, 1.54) is 16.8 Å². The first-order valence-electron chi connectivity index (χ1n) is 5.88. The van der Waals surface area contributed by atoms with Gasteiger partial charge in [-0.05, 0) is 18.2 Å². The van der Waals surface area contributed by atoms with Crippen LogP contribution in [0.2, 0.25) is 0 Å². The lowest BCUT2D eigenvalue weighted by Gasteiger charge is -1.85. The number of nitro groups is 1. The summed E-state index contributed by atoms with van der Waals surface area (Å²) < 4.78 is 1.22. The van der Waals surface area contributed by atoms with Crippen LogP contribution in [0.3, 0.4) is 0 Å². The first kappa shape index (κ1) is 13.9. The molecule has 100 valence electrons. The summed E-state index contributed by atoms with van der Waals surface area (Å²) >= 11 is 1.67. The molecule has 5 heteroatoms. The molecule has 0 bridgehead atoms. The maximum absolute atomic E-state index is 10.0. The van der Waals surface area contributed by atoms with Gasteiger partial charge in [0.2, 0.25) is 0 Å². The molecule has 0 fully saturated rings. The van der Waals surface area contributed by atoms with Crippen LogP contribution in [0, 0.1) is 10.1 Å². The zero-order valence-corrected chi connectivity index (χ0v) is 11.4. The number of fused-ring (bicyclic) bond motifs is 1. The van der Waals surface area contributed by atoms with Gasteiger partial charge < -0.3 is 0 Å². The molecule has 3 rings (SSSR count). The Labute approximate surface area is 120 Å². The Morgan fingerprint density at radius 1 is 1.10 bits per heavy atom. The van der Waals surface area contributed by atoms with Gasteiger partial charge in [-0.3, -0.25) is 10.1 Å². The number of non-ortho nitro benzene ring substituents is 1. The normalized spacial score (nSPS) is 9.60. The predicted molar refractivity (Wildman–Crippen MR) is 82.8 cm³/mol. The van der Waals surface area contributed by atoms with E-state index in [4.69, 9.17) is 0 Å². The van der Waals surface area contributed by atoms with E-state index in [1.807, 2.05) is 18.2 Å². The molecule has 4 nitrogen and oxygen atoms in total. The molecule has 0 atom stereocenters. The SMILES string of the molecule is C=Cc1nc2ccccc2s1.O=[N+]([O-])c1ccccc1. The van der Waals surface area contributed by atoms with Crippen molar-refractivity contribution < 1.29 is 4.92 Å². The van der Waals surface area contributed by atoms with Crippen molar-refractivity contribution in [3.8, 4) is 0 Å². The van der Waals surface area contributed by atoms with Crippen LogP contribution in [-0.2, 0) is 0 Å². The van der Waals surface area contributed by atoms with E-state index in [2.05, 4.69) is 17.6 Å². The van der Waals surface area contributed by atoms with Crippen LogP contribution in [0.25, 0.3) is 16.3 Å². The number of nitrogens with zero attached hydrogens (tertiary/aromatic N) is 2. The Kier molecular flexibility index (Phi) is 4.57. The summed E-state index contributed by atoms with van der Waals surface area (Å²) in [6, 6.07) is 16.0. The Morgan fingerprint density at radius 2 is 1.75 bits per heavy atom.